The van der Waals surface area contributed by atoms with Gasteiger partial charge in [-0.3, -0.25) is 5.41 Å². The molecule has 0 bridgehead atoms. The van der Waals surface area contributed by atoms with Crippen LogP contribution >= 0.6 is 0 Å². The lowest BCUT2D eigenvalue weighted by Gasteiger charge is -2.22. The van der Waals surface area contributed by atoms with E-state index in [1.54, 1.807) is 7.11 Å². The summed E-state index contributed by atoms with van der Waals surface area (Å²) in [5, 5.41) is 15.4. The van der Waals surface area contributed by atoms with Crippen molar-refractivity contribution in [3.8, 4) is 0 Å². The van der Waals surface area contributed by atoms with Crippen molar-refractivity contribution in [2.45, 2.75) is 13.3 Å². The van der Waals surface area contributed by atoms with Gasteiger partial charge in [-0.2, -0.15) is 5.10 Å². The van der Waals surface area contributed by atoms with E-state index in [1.165, 1.54) is 0 Å². The summed E-state index contributed by atoms with van der Waals surface area (Å²) in [5.41, 5.74) is 6.24. The van der Waals surface area contributed by atoms with Crippen LogP contribution in [0.5, 0.6) is 0 Å². The maximum absolute atomic E-state index is 7.25. The van der Waals surface area contributed by atoms with Crippen molar-refractivity contribution in [1.82, 2.24) is 10.2 Å². The highest BCUT2D eigenvalue weighted by molar-refractivity contribution is 5.77. The number of rotatable bonds is 7. The maximum atomic E-state index is 7.25. The number of aryl methyl sites for hydroxylation is 1. The fraction of sp³-hybridized carbons (Fsp3) is 0.545. The number of hydrogen-bond acceptors (Lipinski definition) is 5. The van der Waals surface area contributed by atoms with Gasteiger partial charge in [0.05, 0.1) is 18.1 Å². The zero-order valence-electron chi connectivity index (χ0n) is 10.3. The number of nitrogens with two attached hydrogens (primary N) is 1. The van der Waals surface area contributed by atoms with Crippen LogP contribution in [-0.4, -0.2) is 42.8 Å². The van der Waals surface area contributed by atoms with Gasteiger partial charge >= 0.3 is 0 Å². The lowest BCUT2D eigenvalue weighted by atomic mass is 10.3. The topological polar surface area (TPSA) is 88.1 Å². The molecule has 0 fully saturated rings. The van der Waals surface area contributed by atoms with E-state index in [4.69, 9.17) is 15.9 Å². The van der Waals surface area contributed by atoms with E-state index < -0.39 is 0 Å². The SMILES string of the molecule is COCCN(CCC(=N)N)c1ccc(C)nn1. The molecule has 1 aromatic heterocycles. The molecule has 0 unspecified atom stereocenters. The van der Waals surface area contributed by atoms with Crippen molar-refractivity contribution >= 4 is 11.7 Å². The van der Waals surface area contributed by atoms with Gasteiger partial charge in [0.1, 0.15) is 0 Å². The Morgan fingerprint density at radius 3 is 2.71 bits per heavy atom. The Morgan fingerprint density at radius 1 is 1.41 bits per heavy atom. The maximum Gasteiger partial charge on any atom is 0.151 e. The van der Waals surface area contributed by atoms with Crippen molar-refractivity contribution in [3.63, 3.8) is 0 Å². The monoisotopic (exact) mass is 237 g/mol. The fourth-order valence-corrected chi connectivity index (χ4v) is 1.36. The van der Waals surface area contributed by atoms with Crippen LogP contribution in [0.2, 0.25) is 0 Å². The Morgan fingerprint density at radius 2 is 2.18 bits per heavy atom. The average Bonchev–Trinajstić information content (AvgIpc) is 2.30. The molecule has 3 N–H and O–H groups in total. The molecule has 0 aliphatic carbocycles. The van der Waals surface area contributed by atoms with Crippen LogP contribution in [0.3, 0.4) is 0 Å². The van der Waals surface area contributed by atoms with Crippen molar-refractivity contribution in [1.29, 1.82) is 5.41 Å². The number of nitrogens with one attached hydrogen (secondary N) is 1. The Hall–Kier alpha value is -1.69. The Balaban J connectivity index is 2.67. The summed E-state index contributed by atoms with van der Waals surface area (Å²) in [6, 6.07) is 3.83. The number of methoxy groups -OCH3 is 1. The molecule has 0 aliphatic rings. The van der Waals surface area contributed by atoms with Crippen molar-refractivity contribution in [2.24, 2.45) is 5.73 Å². The number of aromatic nitrogens is 2. The Labute approximate surface area is 101 Å². The molecule has 17 heavy (non-hydrogen) atoms. The normalized spacial score (nSPS) is 10.2. The van der Waals surface area contributed by atoms with Crippen LogP contribution in [0.25, 0.3) is 0 Å². The summed E-state index contributed by atoms with van der Waals surface area (Å²) in [6.07, 6.45) is 0.513. The molecule has 0 atom stereocenters. The molecule has 1 aromatic rings. The zero-order valence-corrected chi connectivity index (χ0v) is 10.3. The molecular formula is C11H19N5O. The molecule has 94 valence electrons. The third kappa shape index (κ3) is 4.78. The molecule has 1 heterocycles. The highest BCUT2D eigenvalue weighted by atomic mass is 16.5. The summed E-state index contributed by atoms with van der Waals surface area (Å²) < 4.78 is 5.05. The van der Waals surface area contributed by atoms with Gasteiger partial charge in [-0.1, -0.05) is 0 Å². The van der Waals surface area contributed by atoms with E-state index in [2.05, 4.69) is 10.2 Å². The van der Waals surface area contributed by atoms with E-state index in [1.807, 2.05) is 24.0 Å². The Kier molecular flexibility index (Phi) is 5.35. The highest BCUT2D eigenvalue weighted by Gasteiger charge is 2.08. The lowest BCUT2D eigenvalue weighted by Crippen LogP contribution is -2.31. The van der Waals surface area contributed by atoms with Gasteiger partial charge in [0.15, 0.2) is 5.82 Å². The lowest BCUT2D eigenvalue weighted by molar-refractivity contribution is 0.205. The summed E-state index contributed by atoms with van der Waals surface area (Å²) in [5.74, 6) is 0.960. The molecular weight excluding hydrogens is 218 g/mol. The minimum Gasteiger partial charge on any atom is -0.388 e. The number of anilines is 1. The largest absolute Gasteiger partial charge is 0.388 e. The highest BCUT2D eigenvalue weighted by Crippen LogP contribution is 2.09. The van der Waals surface area contributed by atoms with Crippen molar-refractivity contribution < 1.29 is 4.74 Å². The summed E-state index contributed by atoms with van der Waals surface area (Å²) in [6.45, 7) is 3.86. The summed E-state index contributed by atoms with van der Waals surface area (Å²) >= 11 is 0. The first-order chi connectivity index (χ1) is 8.13. The van der Waals surface area contributed by atoms with Gasteiger partial charge in [0, 0.05) is 26.6 Å². The van der Waals surface area contributed by atoms with Crippen LogP contribution in [0.4, 0.5) is 5.82 Å². The summed E-state index contributed by atoms with van der Waals surface area (Å²) in [7, 11) is 1.66. The quantitative estimate of drug-likeness (QED) is 0.534. The van der Waals surface area contributed by atoms with Crippen molar-refractivity contribution in [2.75, 3.05) is 31.7 Å². The minimum absolute atomic E-state index is 0.174. The molecule has 0 saturated heterocycles. The van der Waals surface area contributed by atoms with Gasteiger partial charge in [-0.05, 0) is 19.1 Å². The van der Waals surface area contributed by atoms with Crippen LogP contribution in [0.1, 0.15) is 12.1 Å². The number of amidine groups is 1. The Bertz CT molecular complexity index is 351. The molecule has 0 radical (unpaired) electrons. The van der Waals surface area contributed by atoms with Crippen LogP contribution in [0, 0.1) is 12.3 Å². The second kappa shape index (κ2) is 6.80. The molecule has 6 nitrogen and oxygen atoms in total. The van der Waals surface area contributed by atoms with E-state index in [9.17, 15) is 0 Å². The van der Waals surface area contributed by atoms with E-state index in [0.29, 0.717) is 26.1 Å². The van der Waals surface area contributed by atoms with E-state index in [0.717, 1.165) is 11.5 Å². The van der Waals surface area contributed by atoms with Gasteiger partial charge < -0.3 is 15.4 Å². The standard InChI is InChI=1S/C11H19N5O/c1-9-3-4-11(15-14-9)16(7-8-17-2)6-5-10(12)13/h3-4H,5-8H2,1-2H3,(H3,12,13). The van der Waals surface area contributed by atoms with Crippen LogP contribution in [-0.2, 0) is 4.74 Å². The van der Waals surface area contributed by atoms with Crippen LogP contribution < -0.4 is 10.6 Å². The molecule has 6 heteroatoms. The number of ether oxygens (including phenoxy) is 1. The second-order valence-electron chi connectivity index (χ2n) is 3.79. The second-order valence-corrected chi connectivity index (χ2v) is 3.79. The van der Waals surface area contributed by atoms with E-state index in [-0.39, 0.29) is 5.84 Å². The molecule has 0 aromatic carbocycles. The van der Waals surface area contributed by atoms with Gasteiger partial charge in [-0.15, -0.1) is 5.10 Å². The number of hydrogen-bond donors (Lipinski definition) is 2. The first-order valence-corrected chi connectivity index (χ1v) is 5.50. The predicted octanol–water partition coefficient (Wildman–Crippen LogP) is 0.564. The predicted molar refractivity (Wildman–Crippen MR) is 67.4 cm³/mol. The van der Waals surface area contributed by atoms with Crippen molar-refractivity contribution in [3.05, 3.63) is 17.8 Å². The number of nitrogens with zero attached hydrogens (tertiary/aromatic N) is 3. The molecule has 0 amide bonds. The third-order valence-electron chi connectivity index (χ3n) is 2.32. The fourth-order valence-electron chi connectivity index (χ4n) is 1.36. The smallest absolute Gasteiger partial charge is 0.151 e. The first kappa shape index (κ1) is 13.4. The average molecular weight is 237 g/mol. The van der Waals surface area contributed by atoms with Crippen LogP contribution in [0.15, 0.2) is 12.1 Å². The van der Waals surface area contributed by atoms with Gasteiger partial charge in [-0.25, -0.2) is 0 Å². The molecule has 0 saturated carbocycles. The zero-order chi connectivity index (χ0) is 12.7. The molecule has 0 aliphatic heterocycles. The summed E-state index contributed by atoms with van der Waals surface area (Å²) in [4.78, 5) is 2.01. The third-order valence-corrected chi connectivity index (χ3v) is 2.32. The van der Waals surface area contributed by atoms with Gasteiger partial charge in [0.2, 0.25) is 0 Å². The van der Waals surface area contributed by atoms with E-state index >= 15 is 0 Å². The molecule has 0 spiro atoms. The van der Waals surface area contributed by atoms with Gasteiger partial charge in [0.25, 0.3) is 0 Å². The minimum atomic E-state index is 0.174. The first-order valence-electron chi connectivity index (χ1n) is 5.50. The molecule has 1 rings (SSSR count).